The lowest BCUT2D eigenvalue weighted by Gasteiger charge is -2.06. The van der Waals surface area contributed by atoms with Crippen LogP contribution in [0.3, 0.4) is 0 Å². The molecule has 7 heteroatoms. The fourth-order valence-electron chi connectivity index (χ4n) is 2.41. The number of aromatic nitrogens is 1. The molecule has 0 aliphatic heterocycles. The Morgan fingerprint density at radius 2 is 1.62 bits per heavy atom. The van der Waals surface area contributed by atoms with Crippen LogP contribution in [-0.4, -0.2) is 31.5 Å². The maximum atomic E-state index is 5.94. The summed E-state index contributed by atoms with van der Waals surface area (Å²) in [6.07, 6.45) is 1.94. The minimum atomic E-state index is 0. The Kier molecular flexibility index (Phi) is 7.38. The first-order chi connectivity index (χ1) is 12.2. The van der Waals surface area contributed by atoms with Gasteiger partial charge in [-0.2, -0.15) is 0 Å². The monoisotopic (exact) mass is 392 g/mol. The summed E-state index contributed by atoms with van der Waals surface area (Å²) in [4.78, 5) is 4.61. The lowest BCUT2D eigenvalue weighted by atomic mass is 10.1. The SMILES string of the molecule is COc1ccc(-c2nc(SC)oc2-c2ccc(OCCN)cc2)cc1.Cl. The third-order valence-electron chi connectivity index (χ3n) is 3.65. The molecule has 26 heavy (non-hydrogen) atoms. The number of methoxy groups -OCH3 is 1. The van der Waals surface area contributed by atoms with Gasteiger partial charge in [-0.3, -0.25) is 0 Å². The molecule has 0 saturated carbocycles. The number of thioether (sulfide) groups is 1. The summed E-state index contributed by atoms with van der Waals surface area (Å²) in [6.45, 7) is 0.984. The Morgan fingerprint density at radius 3 is 2.19 bits per heavy atom. The van der Waals surface area contributed by atoms with Crippen LogP contribution >= 0.6 is 24.2 Å². The van der Waals surface area contributed by atoms with Crippen molar-refractivity contribution in [1.82, 2.24) is 4.98 Å². The number of benzene rings is 2. The van der Waals surface area contributed by atoms with E-state index in [1.54, 1.807) is 7.11 Å². The van der Waals surface area contributed by atoms with Gasteiger partial charge < -0.3 is 19.6 Å². The van der Waals surface area contributed by atoms with Crippen molar-refractivity contribution in [1.29, 1.82) is 0 Å². The van der Waals surface area contributed by atoms with Gasteiger partial charge in [0, 0.05) is 17.7 Å². The molecule has 0 unspecified atom stereocenters. The maximum absolute atomic E-state index is 5.94. The van der Waals surface area contributed by atoms with Crippen molar-refractivity contribution in [2.75, 3.05) is 26.5 Å². The second kappa shape index (κ2) is 9.52. The third-order valence-corrected chi connectivity index (χ3v) is 4.17. The molecule has 138 valence electrons. The van der Waals surface area contributed by atoms with Crippen LogP contribution in [0.2, 0.25) is 0 Å². The van der Waals surface area contributed by atoms with Crippen LogP contribution in [0, 0.1) is 0 Å². The van der Waals surface area contributed by atoms with Crippen molar-refractivity contribution in [3.8, 4) is 34.1 Å². The van der Waals surface area contributed by atoms with Gasteiger partial charge in [-0.15, -0.1) is 12.4 Å². The maximum Gasteiger partial charge on any atom is 0.256 e. The second-order valence-corrected chi connectivity index (χ2v) is 6.01. The molecule has 1 aromatic heterocycles. The molecule has 0 aliphatic carbocycles. The smallest absolute Gasteiger partial charge is 0.256 e. The van der Waals surface area contributed by atoms with Crippen molar-refractivity contribution in [2.45, 2.75) is 5.22 Å². The molecule has 3 aromatic rings. The van der Waals surface area contributed by atoms with E-state index in [2.05, 4.69) is 4.98 Å². The minimum absolute atomic E-state index is 0. The van der Waals surface area contributed by atoms with Crippen molar-refractivity contribution in [2.24, 2.45) is 5.73 Å². The van der Waals surface area contributed by atoms with Crippen molar-refractivity contribution < 1.29 is 13.9 Å². The summed E-state index contributed by atoms with van der Waals surface area (Å²) in [6, 6.07) is 15.5. The number of hydrogen-bond acceptors (Lipinski definition) is 6. The molecule has 0 spiro atoms. The predicted molar refractivity (Wildman–Crippen MR) is 108 cm³/mol. The zero-order valence-electron chi connectivity index (χ0n) is 14.6. The highest BCUT2D eigenvalue weighted by molar-refractivity contribution is 7.98. The van der Waals surface area contributed by atoms with Gasteiger partial charge >= 0.3 is 0 Å². The van der Waals surface area contributed by atoms with Crippen LogP contribution in [0.5, 0.6) is 11.5 Å². The number of rotatable bonds is 7. The highest BCUT2D eigenvalue weighted by Crippen LogP contribution is 2.36. The molecule has 0 fully saturated rings. The van der Waals surface area contributed by atoms with E-state index in [9.17, 15) is 0 Å². The summed E-state index contributed by atoms with van der Waals surface area (Å²) in [5, 5.41) is 0.629. The van der Waals surface area contributed by atoms with E-state index in [0.717, 1.165) is 34.1 Å². The van der Waals surface area contributed by atoms with E-state index in [1.165, 1.54) is 11.8 Å². The van der Waals surface area contributed by atoms with Gasteiger partial charge in [-0.05, 0) is 54.8 Å². The number of oxazole rings is 1. The summed E-state index contributed by atoms with van der Waals surface area (Å²) >= 11 is 1.47. The summed E-state index contributed by atoms with van der Waals surface area (Å²) in [5.41, 5.74) is 8.19. The zero-order valence-corrected chi connectivity index (χ0v) is 16.2. The fraction of sp³-hybridized carbons (Fsp3) is 0.211. The minimum Gasteiger partial charge on any atom is -0.497 e. The van der Waals surface area contributed by atoms with Gasteiger partial charge in [0.25, 0.3) is 5.22 Å². The molecular formula is C19H21ClN2O3S. The van der Waals surface area contributed by atoms with Gasteiger partial charge in [-0.1, -0.05) is 11.8 Å². The first kappa shape index (κ1) is 20.2. The van der Waals surface area contributed by atoms with E-state index >= 15 is 0 Å². The van der Waals surface area contributed by atoms with Gasteiger partial charge in [0.2, 0.25) is 0 Å². The lowest BCUT2D eigenvalue weighted by molar-refractivity contribution is 0.328. The molecule has 0 aliphatic rings. The number of nitrogens with zero attached hydrogens (tertiary/aromatic N) is 1. The van der Waals surface area contributed by atoms with Gasteiger partial charge in [0.1, 0.15) is 23.8 Å². The quantitative estimate of drug-likeness (QED) is 0.597. The number of ether oxygens (including phenoxy) is 2. The molecule has 0 amide bonds. The predicted octanol–water partition coefficient (Wildman–Crippen LogP) is 4.50. The van der Waals surface area contributed by atoms with Crippen molar-refractivity contribution in [3.05, 3.63) is 48.5 Å². The highest BCUT2D eigenvalue weighted by Gasteiger charge is 2.17. The van der Waals surface area contributed by atoms with Crippen LogP contribution in [0.25, 0.3) is 22.6 Å². The van der Waals surface area contributed by atoms with E-state index in [4.69, 9.17) is 19.6 Å². The summed E-state index contributed by atoms with van der Waals surface area (Å²) in [7, 11) is 1.65. The lowest BCUT2D eigenvalue weighted by Crippen LogP contribution is -2.10. The molecule has 1 heterocycles. The molecule has 5 nitrogen and oxygen atoms in total. The van der Waals surface area contributed by atoms with E-state index in [-0.39, 0.29) is 12.4 Å². The molecule has 0 radical (unpaired) electrons. The van der Waals surface area contributed by atoms with E-state index in [0.29, 0.717) is 18.4 Å². The largest absolute Gasteiger partial charge is 0.497 e. The number of halogens is 1. The molecule has 0 saturated heterocycles. The van der Waals surface area contributed by atoms with Crippen molar-refractivity contribution >= 4 is 24.2 Å². The first-order valence-corrected chi connectivity index (χ1v) is 9.10. The van der Waals surface area contributed by atoms with E-state index in [1.807, 2.05) is 54.8 Å². The fourth-order valence-corrected chi connectivity index (χ4v) is 2.76. The normalized spacial score (nSPS) is 10.3. The highest BCUT2D eigenvalue weighted by atomic mass is 35.5. The van der Waals surface area contributed by atoms with Crippen LogP contribution in [0.4, 0.5) is 0 Å². The van der Waals surface area contributed by atoms with Crippen LogP contribution < -0.4 is 15.2 Å². The Bertz CT molecular complexity index is 820. The Morgan fingerprint density at radius 1 is 1.00 bits per heavy atom. The standard InChI is InChI=1S/C19H20N2O3S.ClH/c1-22-15-7-3-13(4-8-15)17-18(24-19(21-17)25-2)14-5-9-16(10-6-14)23-12-11-20;/h3-10H,11-12,20H2,1-2H3;1H. The second-order valence-electron chi connectivity index (χ2n) is 5.25. The zero-order chi connectivity index (χ0) is 17.6. The summed E-state index contributed by atoms with van der Waals surface area (Å²) < 4.78 is 16.7. The molecule has 0 bridgehead atoms. The Labute approximate surface area is 163 Å². The average Bonchev–Trinajstić information content (AvgIpc) is 3.11. The van der Waals surface area contributed by atoms with Crippen LogP contribution in [-0.2, 0) is 0 Å². The third kappa shape index (κ3) is 4.52. The summed E-state index contributed by atoms with van der Waals surface area (Å²) in [5.74, 6) is 2.32. The molecule has 0 atom stereocenters. The topological polar surface area (TPSA) is 70.5 Å². The van der Waals surface area contributed by atoms with Crippen LogP contribution in [0.15, 0.2) is 58.2 Å². The Balaban J connectivity index is 0.00000243. The molecule has 3 rings (SSSR count). The van der Waals surface area contributed by atoms with Gasteiger partial charge in [-0.25, -0.2) is 4.98 Å². The number of hydrogen-bond donors (Lipinski definition) is 1. The molecule has 2 aromatic carbocycles. The average molecular weight is 393 g/mol. The van der Waals surface area contributed by atoms with Crippen molar-refractivity contribution in [3.63, 3.8) is 0 Å². The molecular weight excluding hydrogens is 372 g/mol. The van der Waals surface area contributed by atoms with Gasteiger partial charge in [0.05, 0.1) is 7.11 Å². The first-order valence-electron chi connectivity index (χ1n) is 7.87. The molecule has 2 N–H and O–H groups in total. The van der Waals surface area contributed by atoms with Gasteiger partial charge in [0.15, 0.2) is 5.76 Å². The number of nitrogens with two attached hydrogens (primary N) is 1. The van der Waals surface area contributed by atoms with E-state index < -0.39 is 0 Å². The Hall–Kier alpha value is -2.15. The van der Waals surface area contributed by atoms with Crippen LogP contribution in [0.1, 0.15) is 0 Å².